The van der Waals surface area contributed by atoms with Gasteiger partial charge in [0.1, 0.15) is 0 Å². The number of aryl methyl sites for hydroxylation is 1. The van der Waals surface area contributed by atoms with Crippen molar-refractivity contribution in [3.05, 3.63) is 36.0 Å². The molecule has 1 aromatic carbocycles. The summed E-state index contributed by atoms with van der Waals surface area (Å²) in [5.41, 5.74) is 1.62. The standard InChI is InChI=1S/C14H16N2O3S/c1-16-6-4-10-8-11(2-3-13(10)16)14(17)15-12-5-7-20(18,19)9-12/h2-4,6,8,12H,5,7,9H2,1H3,(H,15,17)/t12-/m0/s1. The number of nitrogens with zero attached hydrogens (tertiary/aromatic N) is 1. The fraction of sp³-hybridized carbons (Fsp3) is 0.357. The van der Waals surface area contributed by atoms with E-state index in [1.807, 2.05) is 36.0 Å². The first-order valence-electron chi connectivity index (χ1n) is 6.51. The van der Waals surface area contributed by atoms with Gasteiger partial charge < -0.3 is 9.88 Å². The van der Waals surface area contributed by atoms with Gasteiger partial charge in [0.15, 0.2) is 9.84 Å². The van der Waals surface area contributed by atoms with E-state index in [-0.39, 0.29) is 23.5 Å². The first-order valence-corrected chi connectivity index (χ1v) is 8.33. The smallest absolute Gasteiger partial charge is 0.251 e. The summed E-state index contributed by atoms with van der Waals surface area (Å²) in [6, 6.07) is 7.18. The van der Waals surface area contributed by atoms with Crippen LogP contribution in [0, 0.1) is 0 Å². The zero-order chi connectivity index (χ0) is 14.3. The highest BCUT2D eigenvalue weighted by Crippen LogP contribution is 2.17. The van der Waals surface area contributed by atoms with E-state index in [4.69, 9.17) is 0 Å². The van der Waals surface area contributed by atoms with Crippen LogP contribution in [0.5, 0.6) is 0 Å². The Morgan fingerprint density at radius 3 is 2.85 bits per heavy atom. The van der Waals surface area contributed by atoms with Gasteiger partial charge in [-0.05, 0) is 30.7 Å². The number of aromatic nitrogens is 1. The Morgan fingerprint density at radius 2 is 2.15 bits per heavy atom. The van der Waals surface area contributed by atoms with Crippen LogP contribution in [0.4, 0.5) is 0 Å². The zero-order valence-corrected chi connectivity index (χ0v) is 12.0. The summed E-state index contributed by atoms with van der Waals surface area (Å²) in [7, 11) is -1.02. The molecule has 1 saturated heterocycles. The third-order valence-corrected chi connectivity index (χ3v) is 5.48. The van der Waals surface area contributed by atoms with Crippen molar-refractivity contribution in [1.82, 2.24) is 9.88 Å². The van der Waals surface area contributed by atoms with Crippen molar-refractivity contribution in [1.29, 1.82) is 0 Å². The number of hydrogen-bond donors (Lipinski definition) is 1. The van der Waals surface area contributed by atoms with E-state index in [1.165, 1.54) is 0 Å². The molecule has 2 aromatic rings. The van der Waals surface area contributed by atoms with E-state index in [1.54, 1.807) is 6.07 Å². The van der Waals surface area contributed by atoms with Crippen molar-refractivity contribution in [3.63, 3.8) is 0 Å². The molecule has 1 aromatic heterocycles. The first kappa shape index (κ1) is 13.2. The molecule has 0 saturated carbocycles. The van der Waals surface area contributed by atoms with Gasteiger partial charge in [0.2, 0.25) is 0 Å². The minimum atomic E-state index is -2.97. The number of rotatable bonds is 2. The number of hydrogen-bond acceptors (Lipinski definition) is 3. The fourth-order valence-electron chi connectivity index (χ4n) is 2.60. The second-order valence-corrected chi connectivity index (χ2v) is 7.50. The van der Waals surface area contributed by atoms with Crippen LogP contribution in [0.1, 0.15) is 16.8 Å². The van der Waals surface area contributed by atoms with Gasteiger partial charge in [-0.2, -0.15) is 0 Å². The van der Waals surface area contributed by atoms with Gasteiger partial charge in [0.05, 0.1) is 11.5 Å². The number of amides is 1. The topological polar surface area (TPSA) is 68.2 Å². The highest BCUT2D eigenvalue weighted by molar-refractivity contribution is 7.91. The molecule has 0 radical (unpaired) electrons. The Balaban J connectivity index is 1.79. The maximum absolute atomic E-state index is 12.1. The summed E-state index contributed by atoms with van der Waals surface area (Å²) in [5.74, 6) is -0.0000154. The molecule has 2 heterocycles. The predicted molar refractivity (Wildman–Crippen MR) is 77.4 cm³/mol. The number of nitrogens with one attached hydrogen (secondary N) is 1. The largest absolute Gasteiger partial charge is 0.351 e. The third-order valence-electron chi connectivity index (χ3n) is 3.72. The Kier molecular flexibility index (Phi) is 3.05. The molecule has 1 fully saturated rings. The average Bonchev–Trinajstić information content (AvgIpc) is 2.92. The zero-order valence-electron chi connectivity index (χ0n) is 11.2. The molecule has 1 aliphatic rings. The van der Waals surface area contributed by atoms with Crippen molar-refractivity contribution < 1.29 is 13.2 Å². The molecule has 0 unspecified atom stereocenters. The van der Waals surface area contributed by atoms with Crippen molar-refractivity contribution in [2.24, 2.45) is 7.05 Å². The maximum atomic E-state index is 12.1. The number of carbonyl (C=O) groups is 1. The average molecular weight is 292 g/mol. The number of fused-ring (bicyclic) bond motifs is 1. The maximum Gasteiger partial charge on any atom is 0.251 e. The summed E-state index contributed by atoms with van der Waals surface area (Å²) in [6.07, 6.45) is 2.44. The minimum absolute atomic E-state index is 0.0479. The Labute approximate surface area is 117 Å². The van der Waals surface area contributed by atoms with E-state index >= 15 is 0 Å². The Morgan fingerprint density at radius 1 is 1.35 bits per heavy atom. The molecular weight excluding hydrogens is 276 g/mol. The number of benzene rings is 1. The lowest BCUT2D eigenvalue weighted by atomic mass is 10.1. The van der Waals surface area contributed by atoms with Crippen molar-refractivity contribution >= 4 is 26.6 Å². The van der Waals surface area contributed by atoms with E-state index < -0.39 is 9.84 Å². The van der Waals surface area contributed by atoms with Gasteiger partial charge in [-0.1, -0.05) is 0 Å². The second-order valence-electron chi connectivity index (χ2n) is 5.27. The molecule has 5 nitrogen and oxygen atoms in total. The predicted octanol–water partition coefficient (Wildman–Crippen LogP) is 1.10. The van der Waals surface area contributed by atoms with Gasteiger partial charge in [-0.25, -0.2) is 8.42 Å². The van der Waals surface area contributed by atoms with Gasteiger partial charge in [0, 0.05) is 35.8 Å². The second kappa shape index (κ2) is 4.63. The van der Waals surface area contributed by atoms with Crippen LogP contribution in [0.25, 0.3) is 10.9 Å². The van der Waals surface area contributed by atoms with Gasteiger partial charge in [-0.3, -0.25) is 4.79 Å². The SMILES string of the molecule is Cn1ccc2cc(C(=O)N[C@H]3CCS(=O)(=O)C3)ccc21. The molecule has 3 rings (SSSR count). The quantitative estimate of drug-likeness (QED) is 0.901. The van der Waals surface area contributed by atoms with Gasteiger partial charge in [-0.15, -0.1) is 0 Å². The molecule has 20 heavy (non-hydrogen) atoms. The molecule has 1 aliphatic heterocycles. The summed E-state index contributed by atoms with van der Waals surface area (Å²) >= 11 is 0. The summed E-state index contributed by atoms with van der Waals surface area (Å²) in [5, 5.41) is 3.80. The van der Waals surface area contributed by atoms with Crippen molar-refractivity contribution in [2.75, 3.05) is 11.5 Å². The molecule has 106 valence electrons. The minimum Gasteiger partial charge on any atom is -0.351 e. The van der Waals surface area contributed by atoms with E-state index in [2.05, 4.69) is 5.32 Å². The van der Waals surface area contributed by atoms with Crippen LogP contribution in [0.3, 0.4) is 0 Å². The highest BCUT2D eigenvalue weighted by Gasteiger charge is 2.29. The monoisotopic (exact) mass is 292 g/mol. The molecule has 1 N–H and O–H groups in total. The molecular formula is C14H16N2O3S. The van der Waals surface area contributed by atoms with Crippen LogP contribution in [-0.2, 0) is 16.9 Å². The summed E-state index contributed by atoms with van der Waals surface area (Å²) < 4.78 is 24.8. The highest BCUT2D eigenvalue weighted by atomic mass is 32.2. The lowest BCUT2D eigenvalue weighted by molar-refractivity contribution is 0.0941. The van der Waals surface area contributed by atoms with Crippen LogP contribution >= 0.6 is 0 Å². The lowest BCUT2D eigenvalue weighted by Gasteiger charge is -2.11. The third kappa shape index (κ3) is 2.43. The Bertz CT molecular complexity index is 777. The number of carbonyl (C=O) groups excluding carboxylic acids is 1. The van der Waals surface area contributed by atoms with Gasteiger partial charge >= 0.3 is 0 Å². The van der Waals surface area contributed by atoms with E-state index in [0.717, 1.165) is 10.9 Å². The van der Waals surface area contributed by atoms with Crippen LogP contribution < -0.4 is 5.32 Å². The molecule has 6 heteroatoms. The summed E-state index contributed by atoms with van der Waals surface area (Å²) in [6.45, 7) is 0. The van der Waals surface area contributed by atoms with E-state index in [9.17, 15) is 13.2 Å². The Hall–Kier alpha value is -1.82. The lowest BCUT2D eigenvalue weighted by Crippen LogP contribution is -2.35. The molecule has 1 atom stereocenters. The van der Waals surface area contributed by atoms with Crippen molar-refractivity contribution in [2.45, 2.75) is 12.5 Å². The summed E-state index contributed by atoms with van der Waals surface area (Å²) in [4.78, 5) is 12.1. The fourth-order valence-corrected chi connectivity index (χ4v) is 4.27. The molecule has 1 amide bonds. The van der Waals surface area contributed by atoms with Crippen molar-refractivity contribution in [3.8, 4) is 0 Å². The normalized spacial score (nSPS) is 21.1. The van der Waals surface area contributed by atoms with Gasteiger partial charge in [0.25, 0.3) is 5.91 Å². The number of sulfone groups is 1. The van der Waals surface area contributed by atoms with E-state index in [0.29, 0.717) is 12.0 Å². The van der Waals surface area contributed by atoms with Crippen LogP contribution in [0.15, 0.2) is 30.5 Å². The molecule has 0 aliphatic carbocycles. The molecule has 0 bridgehead atoms. The first-order chi connectivity index (χ1) is 9.44. The van der Waals surface area contributed by atoms with Crippen LogP contribution in [0.2, 0.25) is 0 Å². The molecule has 0 spiro atoms. The van der Waals surface area contributed by atoms with Crippen LogP contribution in [-0.4, -0.2) is 36.4 Å².